The lowest BCUT2D eigenvalue weighted by molar-refractivity contribution is -0.145. The van der Waals surface area contributed by atoms with Crippen molar-refractivity contribution >= 4 is 55.9 Å². The quantitative estimate of drug-likeness (QED) is 0.235. The smallest absolute Gasteiger partial charge is 0.259 e. The number of nitrogens with one attached hydrogen (secondary N) is 2. The van der Waals surface area contributed by atoms with Gasteiger partial charge in [0.15, 0.2) is 0 Å². The number of sulfonamides is 1. The molecule has 2 saturated carbocycles. The molecule has 2 aliphatic carbocycles. The van der Waals surface area contributed by atoms with Gasteiger partial charge < -0.3 is 24.6 Å². The van der Waals surface area contributed by atoms with Crippen molar-refractivity contribution in [2.24, 2.45) is 11.8 Å². The molecule has 3 aliphatic heterocycles. The van der Waals surface area contributed by atoms with Crippen LogP contribution in [0.25, 0.3) is 21.6 Å². The summed E-state index contributed by atoms with van der Waals surface area (Å²) in [5, 5.41) is 5.80. The Morgan fingerprint density at radius 3 is 2.55 bits per heavy atom. The first-order valence-electron chi connectivity index (χ1n) is 21.6. The summed E-state index contributed by atoms with van der Waals surface area (Å²) in [6, 6.07) is 6.32. The monoisotopic (exact) mass is 860 g/mol. The molecule has 16 heteroatoms. The number of carbonyl (C=O) groups is 4. The van der Waals surface area contributed by atoms with Crippen molar-refractivity contribution in [3.63, 3.8) is 0 Å². The third-order valence-electron chi connectivity index (χ3n) is 12.7. The number of hydrogen-bond acceptors (Lipinski definition) is 11. The van der Waals surface area contributed by atoms with Gasteiger partial charge in [-0.05, 0) is 75.8 Å². The van der Waals surface area contributed by atoms with Crippen molar-refractivity contribution < 1.29 is 37.1 Å². The number of nitrogens with zero attached hydrogens (tertiary/aromatic N) is 4. The fourth-order valence-electron chi connectivity index (χ4n) is 8.82. The number of fused-ring (bicyclic) bond motifs is 3. The lowest BCUT2D eigenvalue weighted by Crippen LogP contribution is -2.57. The Morgan fingerprint density at radius 1 is 1.03 bits per heavy atom. The van der Waals surface area contributed by atoms with E-state index in [-0.39, 0.29) is 43.5 Å². The van der Waals surface area contributed by atoms with Gasteiger partial charge in [0.25, 0.3) is 5.91 Å². The zero-order valence-corrected chi connectivity index (χ0v) is 36.3. The minimum Gasteiger partial charge on any atom is -0.497 e. The summed E-state index contributed by atoms with van der Waals surface area (Å²) in [6.07, 6.45) is 11.2. The SMILES string of the molecule is COc1ccc2c(O[C@@H]3C[C@H]4C(=O)N[C@]5(C(=O)NS(=O)(=O)C6CC6)CC5C=CCCCCC[C@H](CC(=O)N5CCCCC5)C(=O)N4C3)cc(-c3nc(C(C)C)cs3)nc2c1. The predicted molar refractivity (Wildman–Crippen MR) is 228 cm³/mol. The van der Waals surface area contributed by atoms with Crippen LogP contribution in [0.3, 0.4) is 0 Å². The molecule has 5 atom stereocenters. The Morgan fingerprint density at radius 2 is 1.82 bits per heavy atom. The molecule has 0 spiro atoms. The molecular formula is C44H56N6O8S2. The highest BCUT2D eigenvalue weighted by Crippen LogP contribution is 2.46. The minimum absolute atomic E-state index is 0.0505. The normalized spacial score (nSPS) is 26.5. The van der Waals surface area contributed by atoms with Crippen molar-refractivity contribution in [3.8, 4) is 22.2 Å². The molecule has 5 aliphatic rings. The molecule has 2 N–H and O–H groups in total. The van der Waals surface area contributed by atoms with Crippen molar-refractivity contribution in [3.05, 3.63) is 47.5 Å². The largest absolute Gasteiger partial charge is 0.497 e. The lowest BCUT2D eigenvalue weighted by Gasteiger charge is -2.31. The van der Waals surface area contributed by atoms with E-state index in [1.807, 2.05) is 46.7 Å². The second kappa shape index (κ2) is 17.4. The molecule has 14 nitrogen and oxygen atoms in total. The van der Waals surface area contributed by atoms with Gasteiger partial charge in [-0.1, -0.05) is 38.8 Å². The first kappa shape index (κ1) is 42.1. The average Bonchev–Trinajstić information content (AvgIpc) is 4.11. The second-order valence-electron chi connectivity index (χ2n) is 17.5. The molecule has 3 aromatic rings. The molecule has 4 amide bonds. The summed E-state index contributed by atoms with van der Waals surface area (Å²) in [5.41, 5.74) is 0.712. The van der Waals surface area contributed by atoms with Crippen molar-refractivity contribution in [1.29, 1.82) is 0 Å². The Kier molecular flexibility index (Phi) is 12.2. The second-order valence-corrected chi connectivity index (χ2v) is 20.3. The van der Waals surface area contributed by atoms with Crippen LogP contribution >= 0.6 is 11.3 Å². The third-order valence-corrected chi connectivity index (χ3v) is 15.4. The predicted octanol–water partition coefficient (Wildman–Crippen LogP) is 5.86. The maximum Gasteiger partial charge on any atom is 0.259 e. The van der Waals surface area contributed by atoms with Crippen LogP contribution in [0.5, 0.6) is 11.5 Å². The number of piperidine rings is 1. The number of methoxy groups -OCH3 is 1. The van der Waals surface area contributed by atoms with E-state index in [0.29, 0.717) is 60.4 Å². The molecule has 0 radical (unpaired) electrons. The van der Waals surface area contributed by atoms with Crippen LogP contribution in [-0.4, -0.2) is 101 Å². The first-order valence-corrected chi connectivity index (χ1v) is 24.0. The van der Waals surface area contributed by atoms with E-state index < -0.39 is 56.6 Å². The number of pyridine rings is 1. The summed E-state index contributed by atoms with van der Waals surface area (Å²) in [5.74, 6) is -1.37. The Labute approximate surface area is 355 Å². The molecule has 4 fully saturated rings. The van der Waals surface area contributed by atoms with Gasteiger partial charge in [-0.3, -0.25) is 23.9 Å². The van der Waals surface area contributed by atoms with Gasteiger partial charge in [0.2, 0.25) is 27.7 Å². The fourth-order valence-corrected chi connectivity index (χ4v) is 11.1. The standard InChI is InChI=1S/C44H56N6O8S2/c1-27(2)36-26-59-41(46-36)35-23-38(33-17-14-30(57-3)21-34(33)45-35)58-31-22-37-40(52)47-44(43(54)48-60(55,56)32-15-16-32)24-29(44)13-9-6-4-5-8-12-28(42(53)50(37)25-31)20-39(51)49-18-10-7-11-19-49/h9,13-14,17,21,23,26-29,31-32,37H,4-8,10-12,15-16,18-20,22,24-25H2,1-3H3,(H,47,52)(H,48,54)/t28-,29?,31-,37+,44-/m1/s1. The highest BCUT2D eigenvalue weighted by atomic mass is 32.2. The summed E-state index contributed by atoms with van der Waals surface area (Å²) in [4.78, 5) is 70.3. The van der Waals surface area contributed by atoms with Crippen molar-refractivity contribution in [2.75, 3.05) is 26.7 Å². The maximum absolute atomic E-state index is 14.9. The van der Waals surface area contributed by atoms with Gasteiger partial charge in [0.1, 0.15) is 39.9 Å². The molecule has 60 heavy (non-hydrogen) atoms. The highest BCUT2D eigenvalue weighted by Gasteiger charge is 2.62. The van der Waals surface area contributed by atoms with E-state index in [1.54, 1.807) is 7.11 Å². The number of aromatic nitrogens is 2. The molecular weight excluding hydrogens is 805 g/mol. The van der Waals surface area contributed by atoms with E-state index in [1.165, 1.54) is 16.2 Å². The zero-order valence-electron chi connectivity index (χ0n) is 34.7. The Balaban J connectivity index is 1.13. The lowest BCUT2D eigenvalue weighted by atomic mass is 9.94. The van der Waals surface area contributed by atoms with Gasteiger partial charge in [-0.15, -0.1) is 11.3 Å². The van der Waals surface area contributed by atoms with Crippen LogP contribution in [0.1, 0.15) is 109 Å². The molecule has 5 heterocycles. The maximum atomic E-state index is 14.9. The number of thiazole rings is 1. The summed E-state index contributed by atoms with van der Waals surface area (Å²) in [6.45, 7) is 5.57. The van der Waals surface area contributed by atoms with Gasteiger partial charge in [-0.2, -0.15) is 0 Å². The van der Waals surface area contributed by atoms with Gasteiger partial charge >= 0.3 is 0 Å². The molecule has 1 unspecified atom stereocenters. The average molecular weight is 861 g/mol. The van der Waals surface area contributed by atoms with Crippen LogP contribution in [0.2, 0.25) is 0 Å². The topological polar surface area (TPSA) is 177 Å². The van der Waals surface area contributed by atoms with Gasteiger partial charge in [0.05, 0.1) is 30.1 Å². The fraction of sp³-hybridized carbons (Fsp3) is 0.591. The van der Waals surface area contributed by atoms with E-state index in [4.69, 9.17) is 19.4 Å². The number of benzene rings is 1. The van der Waals surface area contributed by atoms with E-state index in [9.17, 15) is 27.6 Å². The molecule has 1 aromatic carbocycles. The van der Waals surface area contributed by atoms with E-state index in [0.717, 1.165) is 55.6 Å². The molecule has 2 aromatic heterocycles. The molecule has 8 rings (SSSR count). The number of allylic oxidation sites excluding steroid dienone is 1. The summed E-state index contributed by atoms with van der Waals surface area (Å²) in [7, 11) is -2.30. The Hall–Kier alpha value is -4.57. The summed E-state index contributed by atoms with van der Waals surface area (Å²) < 4.78 is 40.5. The molecule has 0 bridgehead atoms. The van der Waals surface area contributed by atoms with Crippen molar-refractivity contribution in [1.82, 2.24) is 29.8 Å². The van der Waals surface area contributed by atoms with Crippen LogP contribution in [0.15, 0.2) is 41.8 Å². The van der Waals surface area contributed by atoms with Crippen LogP contribution < -0.4 is 19.5 Å². The number of ether oxygens (including phenoxy) is 2. The highest BCUT2D eigenvalue weighted by molar-refractivity contribution is 7.91. The number of carbonyl (C=O) groups excluding carboxylic acids is 4. The molecule has 322 valence electrons. The Bertz CT molecular complexity index is 2270. The van der Waals surface area contributed by atoms with Crippen LogP contribution in [0, 0.1) is 11.8 Å². The zero-order chi connectivity index (χ0) is 42.2. The number of hydrogen-bond donors (Lipinski definition) is 2. The number of likely N-dealkylation sites (tertiary alicyclic amines) is 1. The number of amides is 4. The third kappa shape index (κ3) is 9.04. The van der Waals surface area contributed by atoms with Gasteiger partial charge in [0, 0.05) is 60.7 Å². The first-order chi connectivity index (χ1) is 28.8. The van der Waals surface area contributed by atoms with Gasteiger partial charge in [-0.25, -0.2) is 18.4 Å². The number of rotatable bonds is 10. The minimum atomic E-state index is -3.89. The molecule has 2 saturated heterocycles. The van der Waals surface area contributed by atoms with Crippen LogP contribution in [0.4, 0.5) is 0 Å². The van der Waals surface area contributed by atoms with E-state index >= 15 is 0 Å². The summed E-state index contributed by atoms with van der Waals surface area (Å²) >= 11 is 1.49. The van der Waals surface area contributed by atoms with E-state index in [2.05, 4.69) is 23.9 Å². The van der Waals surface area contributed by atoms with Crippen molar-refractivity contribution in [2.45, 2.75) is 126 Å². The van der Waals surface area contributed by atoms with Crippen LogP contribution in [-0.2, 0) is 29.2 Å².